The lowest BCUT2D eigenvalue weighted by Crippen LogP contribution is -2.42. The molecule has 0 radical (unpaired) electrons. The molecule has 0 spiro atoms. The van der Waals surface area contributed by atoms with Crippen LogP contribution in [0.2, 0.25) is 0 Å². The predicted molar refractivity (Wildman–Crippen MR) is 93.7 cm³/mol. The molecule has 1 aliphatic heterocycles. The Morgan fingerprint density at radius 2 is 2.25 bits per heavy atom. The lowest BCUT2D eigenvalue weighted by atomic mass is 9.94. The van der Waals surface area contributed by atoms with Gasteiger partial charge in [-0.1, -0.05) is 6.07 Å². The first-order chi connectivity index (χ1) is 11.4. The maximum absolute atomic E-state index is 12.2. The molecular formula is C19H30N2O3. The SMILES string of the molecule is CC(C)(C)OC(=O)N1CCCC(CCCOCc2cccnc2)C1. The molecule has 5 heteroatoms. The van der Waals surface area contributed by atoms with Gasteiger partial charge in [0.25, 0.3) is 0 Å². The molecule has 1 saturated heterocycles. The third-order valence-electron chi connectivity index (χ3n) is 4.06. The van der Waals surface area contributed by atoms with E-state index in [1.54, 1.807) is 6.20 Å². The van der Waals surface area contributed by atoms with Crippen molar-refractivity contribution in [2.75, 3.05) is 19.7 Å². The molecule has 1 unspecified atom stereocenters. The zero-order chi connectivity index (χ0) is 17.4. The summed E-state index contributed by atoms with van der Waals surface area (Å²) in [7, 11) is 0. The molecule has 0 aliphatic carbocycles. The van der Waals surface area contributed by atoms with Crippen LogP contribution < -0.4 is 0 Å². The highest BCUT2D eigenvalue weighted by molar-refractivity contribution is 5.68. The number of rotatable bonds is 6. The van der Waals surface area contributed by atoms with Crippen molar-refractivity contribution >= 4 is 6.09 Å². The molecule has 2 heterocycles. The second-order valence-corrected chi connectivity index (χ2v) is 7.49. The number of likely N-dealkylation sites (tertiary alicyclic amines) is 1. The van der Waals surface area contributed by atoms with Crippen LogP contribution in [-0.2, 0) is 16.1 Å². The zero-order valence-electron chi connectivity index (χ0n) is 15.2. The van der Waals surface area contributed by atoms with Crippen LogP contribution in [0.1, 0.15) is 52.0 Å². The second kappa shape index (κ2) is 9.02. The summed E-state index contributed by atoms with van der Waals surface area (Å²) < 4.78 is 11.2. The maximum Gasteiger partial charge on any atom is 0.410 e. The molecule has 0 N–H and O–H groups in total. The van der Waals surface area contributed by atoms with E-state index < -0.39 is 5.60 Å². The van der Waals surface area contributed by atoms with E-state index in [4.69, 9.17) is 9.47 Å². The third-order valence-corrected chi connectivity index (χ3v) is 4.06. The van der Waals surface area contributed by atoms with Crippen molar-refractivity contribution in [1.82, 2.24) is 9.88 Å². The number of hydrogen-bond acceptors (Lipinski definition) is 4. The Kier molecular flexibility index (Phi) is 7.03. The van der Waals surface area contributed by atoms with Crippen molar-refractivity contribution in [2.24, 2.45) is 5.92 Å². The largest absolute Gasteiger partial charge is 0.444 e. The smallest absolute Gasteiger partial charge is 0.410 e. The van der Waals surface area contributed by atoms with Crippen molar-refractivity contribution in [3.8, 4) is 0 Å². The van der Waals surface area contributed by atoms with E-state index in [2.05, 4.69) is 4.98 Å². The monoisotopic (exact) mass is 334 g/mol. The van der Waals surface area contributed by atoms with E-state index >= 15 is 0 Å². The number of hydrogen-bond donors (Lipinski definition) is 0. The number of piperidine rings is 1. The average molecular weight is 334 g/mol. The number of nitrogens with zero attached hydrogens (tertiary/aromatic N) is 2. The Bertz CT molecular complexity index is 499. The molecule has 2 rings (SSSR count). The summed E-state index contributed by atoms with van der Waals surface area (Å²) in [5, 5.41) is 0. The molecule has 1 aromatic rings. The van der Waals surface area contributed by atoms with Crippen LogP contribution in [0, 0.1) is 5.92 Å². The number of carbonyl (C=O) groups is 1. The minimum absolute atomic E-state index is 0.181. The highest BCUT2D eigenvalue weighted by atomic mass is 16.6. The molecule has 1 aromatic heterocycles. The highest BCUT2D eigenvalue weighted by Gasteiger charge is 2.27. The van der Waals surface area contributed by atoms with Crippen LogP contribution in [0.5, 0.6) is 0 Å². The first-order valence-electron chi connectivity index (χ1n) is 8.88. The van der Waals surface area contributed by atoms with Gasteiger partial charge in [0, 0.05) is 32.1 Å². The molecule has 134 valence electrons. The molecular weight excluding hydrogens is 304 g/mol. The summed E-state index contributed by atoms with van der Waals surface area (Å²) in [5.41, 5.74) is 0.677. The first-order valence-corrected chi connectivity index (χ1v) is 8.88. The van der Waals surface area contributed by atoms with Crippen LogP contribution in [-0.4, -0.2) is 41.3 Å². The molecule has 1 fully saturated rings. The summed E-state index contributed by atoms with van der Waals surface area (Å²) in [4.78, 5) is 18.1. The third kappa shape index (κ3) is 6.87. The standard InChI is InChI=1S/C19H30N2O3/c1-19(2,3)24-18(22)21-11-5-8-16(14-21)9-6-12-23-15-17-7-4-10-20-13-17/h4,7,10,13,16H,5-6,8-9,11-12,14-15H2,1-3H3. The fourth-order valence-electron chi connectivity index (χ4n) is 2.94. The van der Waals surface area contributed by atoms with E-state index in [0.29, 0.717) is 12.5 Å². The lowest BCUT2D eigenvalue weighted by Gasteiger charge is -2.34. The van der Waals surface area contributed by atoms with Crippen LogP contribution in [0.25, 0.3) is 0 Å². The molecule has 24 heavy (non-hydrogen) atoms. The van der Waals surface area contributed by atoms with Crippen molar-refractivity contribution < 1.29 is 14.3 Å². The Morgan fingerprint density at radius 1 is 1.42 bits per heavy atom. The molecule has 1 amide bonds. The van der Waals surface area contributed by atoms with Gasteiger partial charge in [0.05, 0.1) is 6.61 Å². The van der Waals surface area contributed by atoms with Gasteiger partial charge in [-0.2, -0.15) is 0 Å². The Hall–Kier alpha value is -1.62. The van der Waals surface area contributed by atoms with E-state index in [9.17, 15) is 4.79 Å². The van der Waals surface area contributed by atoms with Crippen molar-refractivity contribution in [3.05, 3.63) is 30.1 Å². The van der Waals surface area contributed by atoms with Gasteiger partial charge in [-0.3, -0.25) is 4.98 Å². The van der Waals surface area contributed by atoms with Crippen molar-refractivity contribution in [1.29, 1.82) is 0 Å². The van der Waals surface area contributed by atoms with Gasteiger partial charge in [0.2, 0.25) is 0 Å². The molecule has 0 bridgehead atoms. The summed E-state index contributed by atoms with van der Waals surface area (Å²) in [6.45, 7) is 8.70. The van der Waals surface area contributed by atoms with Gasteiger partial charge in [-0.25, -0.2) is 4.79 Å². The van der Waals surface area contributed by atoms with Crippen LogP contribution >= 0.6 is 0 Å². The van der Waals surface area contributed by atoms with Crippen molar-refractivity contribution in [3.63, 3.8) is 0 Å². The van der Waals surface area contributed by atoms with Crippen LogP contribution in [0.3, 0.4) is 0 Å². The maximum atomic E-state index is 12.2. The number of pyridine rings is 1. The first kappa shape index (κ1) is 18.7. The highest BCUT2D eigenvalue weighted by Crippen LogP contribution is 2.22. The van der Waals surface area contributed by atoms with Crippen LogP contribution in [0.15, 0.2) is 24.5 Å². The Balaban J connectivity index is 1.63. The van der Waals surface area contributed by atoms with Gasteiger partial charge in [-0.15, -0.1) is 0 Å². The zero-order valence-corrected chi connectivity index (χ0v) is 15.2. The summed E-state index contributed by atoms with van der Waals surface area (Å²) >= 11 is 0. The molecule has 5 nitrogen and oxygen atoms in total. The van der Waals surface area contributed by atoms with Gasteiger partial charge >= 0.3 is 6.09 Å². The summed E-state index contributed by atoms with van der Waals surface area (Å²) in [5.74, 6) is 0.549. The van der Waals surface area contributed by atoms with Gasteiger partial charge in [0.1, 0.15) is 5.60 Å². The molecule has 0 aromatic carbocycles. The van der Waals surface area contributed by atoms with E-state index in [1.807, 2.05) is 44.0 Å². The quantitative estimate of drug-likeness (QED) is 0.737. The summed E-state index contributed by atoms with van der Waals surface area (Å²) in [6.07, 6.45) is 7.77. The van der Waals surface area contributed by atoms with Gasteiger partial charge < -0.3 is 14.4 Å². The Morgan fingerprint density at radius 3 is 2.96 bits per heavy atom. The van der Waals surface area contributed by atoms with E-state index in [-0.39, 0.29) is 6.09 Å². The number of aromatic nitrogens is 1. The topological polar surface area (TPSA) is 51.7 Å². The number of amides is 1. The van der Waals surface area contributed by atoms with Gasteiger partial charge in [-0.05, 0) is 64.0 Å². The number of carbonyl (C=O) groups excluding carboxylic acids is 1. The second-order valence-electron chi connectivity index (χ2n) is 7.49. The minimum atomic E-state index is -0.426. The average Bonchev–Trinajstić information content (AvgIpc) is 2.54. The number of ether oxygens (including phenoxy) is 2. The molecule has 1 atom stereocenters. The Labute approximate surface area is 145 Å². The fraction of sp³-hybridized carbons (Fsp3) is 0.684. The van der Waals surface area contributed by atoms with E-state index in [0.717, 1.165) is 44.5 Å². The van der Waals surface area contributed by atoms with Gasteiger partial charge in [0.15, 0.2) is 0 Å². The van der Waals surface area contributed by atoms with Crippen molar-refractivity contribution in [2.45, 2.75) is 58.7 Å². The predicted octanol–water partition coefficient (Wildman–Crippen LogP) is 4.03. The van der Waals surface area contributed by atoms with E-state index in [1.165, 1.54) is 6.42 Å². The fourth-order valence-corrected chi connectivity index (χ4v) is 2.94. The lowest BCUT2D eigenvalue weighted by molar-refractivity contribution is 0.0155. The molecule has 0 saturated carbocycles. The molecule has 1 aliphatic rings. The minimum Gasteiger partial charge on any atom is -0.444 e. The van der Waals surface area contributed by atoms with Crippen LogP contribution in [0.4, 0.5) is 4.79 Å². The summed E-state index contributed by atoms with van der Waals surface area (Å²) in [6, 6.07) is 3.94. The normalized spacial score (nSPS) is 18.5.